The van der Waals surface area contributed by atoms with E-state index in [-0.39, 0.29) is 30.8 Å². The molecule has 0 aromatic heterocycles. The third kappa shape index (κ3) is 4.33. The highest BCUT2D eigenvalue weighted by Crippen LogP contribution is 2.74. The molecular weight excluding hydrogens is 528 g/mol. The average molecular weight is 575 g/mol. The van der Waals surface area contributed by atoms with Crippen LogP contribution in [0, 0.1) is 39.4 Å². The monoisotopic (exact) mass is 574 g/mol. The fraction of sp³-hybridized carbons (Fsp3) is 0.750. The minimum absolute atomic E-state index is 0.0365. The van der Waals surface area contributed by atoms with Gasteiger partial charge in [0.05, 0.1) is 18.1 Å². The van der Waals surface area contributed by atoms with Crippen LogP contribution in [-0.4, -0.2) is 73.8 Å². The maximum absolute atomic E-state index is 14.4. The molecule has 0 spiro atoms. The summed E-state index contributed by atoms with van der Waals surface area (Å²) in [7, 11) is 0. The third-order valence-electron chi connectivity index (χ3n) is 11.5. The van der Waals surface area contributed by atoms with Crippen LogP contribution in [-0.2, 0) is 23.9 Å². The van der Waals surface area contributed by atoms with Gasteiger partial charge in [0.15, 0.2) is 11.6 Å². The summed E-state index contributed by atoms with van der Waals surface area (Å²) in [4.78, 5) is 52.2. The van der Waals surface area contributed by atoms with Crippen LogP contribution in [0.15, 0.2) is 23.8 Å². The SMILES string of the molecule is CC(=O)OC(C)(C)/C=C/C(=O)C(C)(O)C1C(O)CC2(C)C3CC=C4C(CC(O)C(=O)C4(C)C)C3(CO)C(=O)CC12C. The maximum atomic E-state index is 14.4. The van der Waals surface area contributed by atoms with Crippen LogP contribution in [0.4, 0.5) is 0 Å². The summed E-state index contributed by atoms with van der Waals surface area (Å²) >= 11 is 0. The lowest BCUT2D eigenvalue weighted by Crippen LogP contribution is -2.67. The second kappa shape index (κ2) is 9.66. The van der Waals surface area contributed by atoms with E-state index in [1.807, 2.05) is 19.9 Å². The smallest absolute Gasteiger partial charge is 0.303 e. The van der Waals surface area contributed by atoms with Crippen molar-refractivity contribution in [2.45, 2.75) is 104 Å². The van der Waals surface area contributed by atoms with E-state index in [4.69, 9.17) is 4.74 Å². The highest BCUT2D eigenvalue weighted by molar-refractivity contribution is 5.98. The number of aliphatic hydroxyl groups is 4. The Hall–Kier alpha value is -2.20. The topological polar surface area (TPSA) is 158 Å². The van der Waals surface area contributed by atoms with E-state index in [1.165, 1.54) is 19.9 Å². The number of fused-ring (bicyclic) bond motifs is 5. The van der Waals surface area contributed by atoms with Crippen LogP contribution in [0.3, 0.4) is 0 Å². The molecule has 0 radical (unpaired) electrons. The Morgan fingerprint density at radius 3 is 2.27 bits per heavy atom. The molecular formula is C32H46O9. The Labute approximate surface area is 242 Å². The Balaban J connectivity index is 1.78. The number of carbonyl (C=O) groups excluding carboxylic acids is 4. The lowest BCUT2D eigenvalue weighted by atomic mass is 9.38. The summed E-state index contributed by atoms with van der Waals surface area (Å²) in [6.45, 7) is 12.6. The molecule has 0 heterocycles. The number of carbonyl (C=O) groups is 4. The Bertz CT molecular complexity index is 1230. The van der Waals surface area contributed by atoms with Gasteiger partial charge in [0.25, 0.3) is 0 Å². The van der Waals surface area contributed by atoms with E-state index in [2.05, 4.69) is 0 Å². The van der Waals surface area contributed by atoms with Crippen molar-refractivity contribution in [2.24, 2.45) is 39.4 Å². The molecule has 0 saturated heterocycles. The van der Waals surface area contributed by atoms with Crippen molar-refractivity contribution in [1.29, 1.82) is 0 Å². The summed E-state index contributed by atoms with van der Waals surface area (Å²) < 4.78 is 5.22. The predicted molar refractivity (Wildman–Crippen MR) is 149 cm³/mol. The van der Waals surface area contributed by atoms with Crippen molar-refractivity contribution < 1.29 is 44.3 Å². The first-order valence-electron chi connectivity index (χ1n) is 14.5. The zero-order valence-electron chi connectivity index (χ0n) is 25.5. The molecule has 4 aliphatic rings. The summed E-state index contributed by atoms with van der Waals surface area (Å²) in [5.41, 5.74) is -6.45. The molecule has 9 heteroatoms. The van der Waals surface area contributed by atoms with Crippen molar-refractivity contribution in [3.8, 4) is 0 Å². The van der Waals surface area contributed by atoms with Crippen LogP contribution in [0.2, 0.25) is 0 Å². The standard InChI is InChI=1S/C32H46O9/c1-17(34)41-27(2,3)12-11-23(37)31(8,40)25-21(36)14-29(6)22-10-9-18-19(13-20(35)26(39)28(18,4)5)32(22,16-33)24(38)15-30(25,29)7/h9,11-12,19-22,25,33,35-36,40H,10,13-16H2,1-8H3/b12-11+. The van der Waals surface area contributed by atoms with Gasteiger partial charge in [0.1, 0.15) is 23.1 Å². The number of ether oxygens (including phenoxy) is 1. The minimum Gasteiger partial charge on any atom is -0.456 e. The molecule has 9 unspecified atom stereocenters. The number of rotatable bonds is 6. The molecule has 228 valence electrons. The first kappa shape index (κ1) is 31.7. The van der Waals surface area contributed by atoms with Gasteiger partial charge in [0.2, 0.25) is 0 Å². The van der Waals surface area contributed by atoms with Gasteiger partial charge in [0, 0.05) is 24.7 Å². The van der Waals surface area contributed by atoms with Gasteiger partial charge in [-0.3, -0.25) is 19.2 Å². The van der Waals surface area contributed by atoms with Crippen LogP contribution >= 0.6 is 0 Å². The lowest BCUT2D eigenvalue weighted by molar-refractivity contribution is -0.192. The Morgan fingerprint density at radius 1 is 1.10 bits per heavy atom. The summed E-state index contributed by atoms with van der Waals surface area (Å²) in [6.07, 6.45) is 2.66. The van der Waals surface area contributed by atoms with Crippen molar-refractivity contribution in [2.75, 3.05) is 6.61 Å². The summed E-state index contributed by atoms with van der Waals surface area (Å²) in [5, 5.41) is 45.0. The summed E-state index contributed by atoms with van der Waals surface area (Å²) in [6, 6.07) is 0. The highest BCUT2D eigenvalue weighted by Gasteiger charge is 2.75. The second-order valence-corrected chi connectivity index (χ2v) is 14.7. The number of aliphatic hydroxyl groups excluding tert-OH is 3. The van der Waals surface area contributed by atoms with Gasteiger partial charge < -0.3 is 25.2 Å². The molecule has 0 aromatic carbocycles. The van der Waals surface area contributed by atoms with Crippen molar-refractivity contribution in [3.63, 3.8) is 0 Å². The maximum Gasteiger partial charge on any atom is 0.303 e. The number of hydrogen-bond acceptors (Lipinski definition) is 9. The number of hydrogen-bond donors (Lipinski definition) is 4. The van der Waals surface area contributed by atoms with Gasteiger partial charge in [-0.1, -0.05) is 25.5 Å². The van der Waals surface area contributed by atoms with Crippen LogP contribution in [0.25, 0.3) is 0 Å². The number of Topliss-reactive ketones (excluding diaryl/α,β-unsaturated/α-hetero) is 2. The van der Waals surface area contributed by atoms with E-state index >= 15 is 0 Å². The minimum atomic E-state index is -2.06. The van der Waals surface area contributed by atoms with Gasteiger partial charge in [-0.05, 0) is 88.7 Å². The average Bonchev–Trinajstić information content (AvgIpc) is 3.05. The number of ketones is 3. The normalized spacial score (nSPS) is 41.7. The van der Waals surface area contributed by atoms with Gasteiger partial charge in [-0.25, -0.2) is 0 Å². The largest absolute Gasteiger partial charge is 0.456 e. The van der Waals surface area contributed by atoms with E-state index in [9.17, 15) is 39.6 Å². The predicted octanol–water partition coefficient (Wildman–Crippen LogP) is 2.47. The van der Waals surface area contributed by atoms with E-state index in [0.717, 1.165) is 11.6 Å². The molecule has 0 aliphatic heterocycles. The van der Waals surface area contributed by atoms with Crippen molar-refractivity contribution >= 4 is 23.3 Å². The molecule has 3 fully saturated rings. The van der Waals surface area contributed by atoms with Gasteiger partial charge >= 0.3 is 5.97 Å². The zero-order chi connectivity index (χ0) is 31.1. The first-order chi connectivity index (χ1) is 18.6. The molecule has 9 nitrogen and oxygen atoms in total. The van der Waals surface area contributed by atoms with Crippen LogP contribution < -0.4 is 0 Å². The molecule has 4 aliphatic carbocycles. The van der Waals surface area contributed by atoms with Crippen molar-refractivity contribution in [1.82, 2.24) is 0 Å². The van der Waals surface area contributed by atoms with Gasteiger partial charge in [-0.2, -0.15) is 0 Å². The van der Waals surface area contributed by atoms with E-state index in [1.54, 1.807) is 27.7 Å². The Morgan fingerprint density at radius 2 is 1.71 bits per heavy atom. The molecule has 4 rings (SSSR count). The van der Waals surface area contributed by atoms with E-state index in [0.29, 0.717) is 6.42 Å². The fourth-order valence-corrected chi connectivity index (χ4v) is 9.47. The number of esters is 1. The summed E-state index contributed by atoms with van der Waals surface area (Å²) in [5.74, 6) is -3.76. The number of allylic oxidation sites excluding steroid dienone is 2. The first-order valence-corrected chi connectivity index (χ1v) is 14.5. The fourth-order valence-electron chi connectivity index (χ4n) is 9.47. The van der Waals surface area contributed by atoms with Crippen molar-refractivity contribution in [3.05, 3.63) is 23.8 Å². The van der Waals surface area contributed by atoms with Crippen LogP contribution in [0.5, 0.6) is 0 Å². The molecule has 0 aromatic rings. The Kier molecular flexibility index (Phi) is 7.47. The molecule has 3 saturated carbocycles. The molecule has 0 amide bonds. The molecule has 4 N–H and O–H groups in total. The second-order valence-electron chi connectivity index (χ2n) is 14.7. The third-order valence-corrected chi connectivity index (χ3v) is 11.5. The molecule has 0 bridgehead atoms. The zero-order valence-corrected chi connectivity index (χ0v) is 25.5. The molecule has 9 atom stereocenters. The van der Waals surface area contributed by atoms with Crippen LogP contribution in [0.1, 0.15) is 81.1 Å². The van der Waals surface area contributed by atoms with E-state index < -0.39 is 81.2 Å². The quantitative estimate of drug-likeness (QED) is 0.212. The molecule has 41 heavy (non-hydrogen) atoms. The van der Waals surface area contributed by atoms with Gasteiger partial charge in [-0.15, -0.1) is 0 Å². The highest BCUT2D eigenvalue weighted by atomic mass is 16.6. The lowest BCUT2D eigenvalue weighted by Gasteiger charge is -2.64.